The van der Waals surface area contributed by atoms with E-state index in [4.69, 9.17) is 28.3 Å². The van der Waals surface area contributed by atoms with Crippen LogP contribution in [0.4, 0.5) is 0 Å². The molecule has 0 atom stereocenters. The van der Waals surface area contributed by atoms with Gasteiger partial charge in [0.05, 0.1) is 11.8 Å². The number of halogens is 2. The molecule has 1 aromatic rings. The standard InChI is InChI=1S/C13H10Cl2O3/c14-9-2-1-3-10(15)13(9)7-4-11(17)8(6-16)12(18)5-7/h1-3,6-7,16H,4-5H2. The predicted molar refractivity (Wildman–Crippen MR) is 69.2 cm³/mol. The number of aliphatic hydroxyl groups excluding tert-OH is 1. The lowest BCUT2D eigenvalue weighted by atomic mass is 9.80. The minimum absolute atomic E-state index is 0.127. The Bertz CT molecular complexity index is 509. The Morgan fingerprint density at radius 1 is 1.11 bits per heavy atom. The van der Waals surface area contributed by atoms with Gasteiger partial charge in [0.25, 0.3) is 0 Å². The van der Waals surface area contributed by atoms with E-state index in [2.05, 4.69) is 0 Å². The summed E-state index contributed by atoms with van der Waals surface area (Å²) < 4.78 is 0. The Kier molecular flexibility index (Phi) is 3.73. The number of hydrogen-bond donors (Lipinski definition) is 1. The van der Waals surface area contributed by atoms with Gasteiger partial charge in [-0.3, -0.25) is 9.59 Å². The van der Waals surface area contributed by atoms with Crippen molar-refractivity contribution >= 4 is 34.8 Å². The fourth-order valence-electron chi connectivity index (χ4n) is 2.14. The Labute approximate surface area is 114 Å². The van der Waals surface area contributed by atoms with Crippen LogP contribution >= 0.6 is 23.2 Å². The zero-order chi connectivity index (χ0) is 13.3. The maximum Gasteiger partial charge on any atom is 0.170 e. The summed E-state index contributed by atoms with van der Waals surface area (Å²) in [5, 5.41) is 9.74. The molecule has 1 saturated carbocycles. The van der Waals surface area contributed by atoms with Gasteiger partial charge >= 0.3 is 0 Å². The highest BCUT2D eigenvalue weighted by Crippen LogP contribution is 2.39. The number of rotatable bonds is 1. The quantitative estimate of drug-likeness (QED) is 0.488. The Balaban J connectivity index is 2.38. The first kappa shape index (κ1) is 13.1. The zero-order valence-electron chi connectivity index (χ0n) is 9.32. The molecule has 0 heterocycles. The molecule has 1 aliphatic carbocycles. The van der Waals surface area contributed by atoms with E-state index in [0.29, 0.717) is 21.9 Å². The summed E-state index contributed by atoms with van der Waals surface area (Å²) >= 11 is 12.1. The van der Waals surface area contributed by atoms with Gasteiger partial charge in [-0.1, -0.05) is 29.3 Å². The van der Waals surface area contributed by atoms with Crippen molar-refractivity contribution in [2.45, 2.75) is 18.8 Å². The molecule has 94 valence electrons. The van der Waals surface area contributed by atoms with E-state index in [1.807, 2.05) is 0 Å². The van der Waals surface area contributed by atoms with E-state index >= 15 is 0 Å². The van der Waals surface area contributed by atoms with Gasteiger partial charge in [0, 0.05) is 28.8 Å². The van der Waals surface area contributed by atoms with Gasteiger partial charge in [-0.25, -0.2) is 0 Å². The normalized spacial score (nSPS) is 20.1. The first-order valence-corrected chi connectivity index (χ1v) is 6.15. The van der Waals surface area contributed by atoms with Crippen molar-refractivity contribution in [2.24, 2.45) is 0 Å². The molecular formula is C13H10Cl2O3. The van der Waals surface area contributed by atoms with Crippen LogP contribution in [0.3, 0.4) is 0 Å². The summed E-state index contributed by atoms with van der Waals surface area (Å²) in [4.78, 5) is 23.4. The molecular weight excluding hydrogens is 275 g/mol. The van der Waals surface area contributed by atoms with E-state index < -0.39 is 0 Å². The third-order valence-corrected chi connectivity index (χ3v) is 3.66. The van der Waals surface area contributed by atoms with Crippen LogP contribution in [-0.4, -0.2) is 16.7 Å². The Hall–Kier alpha value is -1.32. The third-order valence-electron chi connectivity index (χ3n) is 3.00. The molecule has 2 rings (SSSR count). The summed E-state index contributed by atoms with van der Waals surface area (Å²) in [6.45, 7) is 0. The fourth-order valence-corrected chi connectivity index (χ4v) is 2.85. The van der Waals surface area contributed by atoms with Gasteiger partial charge < -0.3 is 5.11 Å². The molecule has 1 aromatic carbocycles. The molecule has 0 saturated heterocycles. The number of carbonyl (C=O) groups is 2. The number of aliphatic hydroxyl groups is 1. The van der Waals surface area contributed by atoms with Gasteiger partial charge in [-0.05, 0) is 17.7 Å². The van der Waals surface area contributed by atoms with Gasteiger partial charge in [0.1, 0.15) is 0 Å². The van der Waals surface area contributed by atoms with E-state index in [0.717, 1.165) is 0 Å². The molecule has 0 radical (unpaired) electrons. The first-order valence-electron chi connectivity index (χ1n) is 5.39. The van der Waals surface area contributed by atoms with Crippen molar-refractivity contribution in [3.05, 3.63) is 45.6 Å². The number of benzene rings is 1. The van der Waals surface area contributed by atoms with Gasteiger partial charge in [0.15, 0.2) is 11.6 Å². The van der Waals surface area contributed by atoms with Crippen LogP contribution in [-0.2, 0) is 9.59 Å². The predicted octanol–water partition coefficient (Wildman–Crippen LogP) is 3.45. The molecule has 1 N–H and O–H groups in total. The smallest absolute Gasteiger partial charge is 0.170 e. The second-order valence-corrected chi connectivity index (χ2v) is 4.94. The van der Waals surface area contributed by atoms with E-state index in [1.54, 1.807) is 18.2 Å². The number of allylic oxidation sites excluding steroid dienone is 1. The number of Topliss-reactive ketones (excluding diaryl/α,β-unsaturated/α-hetero) is 2. The highest BCUT2D eigenvalue weighted by molar-refractivity contribution is 6.36. The minimum atomic E-state index is -0.380. The molecule has 0 spiro atoms. The van der Waals surface area contributed by atoms with E-state index in [9.17, 15) is 9.59 Å². The molecule has 1 aliphatic rings. The lowest BCUT2D eigenvalue weighted by molar-refractivity contribution is -0.124. The van der Waals surface area contributed by atoms with Gasteiger partial charge in [-0.2, -0.15) is 0 Å². The zero-order valence-corrected chi connectivity index (χ0v) is 10.8. The van der Waals surface area contributed by atoms with Crippen LogP contribution in [0, 0.1) is 0 Å². The van der Waals surface area contributed by atoms with Crippen LogP contribution < -0.4 is 0 Å². The van der Waals surface area contributed by atoms with Crippen LogP contribution in [0.5, 0.6) is 0 Å². The number of hydrogen-bond acceptors (Lipinski definition) is 3. The Morgan fingerprint density at radius 3 is 2.06 bits per heavy atom. The molecule has 5 heteroatoms. The molecule has 1 fully saturated rings. The van der Waals surface area contributed by atoms with Gasteiger partial charge in [-0.15, -0.1) is 0 Å². The van der Waals surface area contributed by atoms with Crippen LogP contribution in [0.25, 0.3) is 0 Å². The fraction of sp³-hybridized carbons (Fsp3) is 0.231. The van der Waals surface area contributed by atoms with Crippen LogP contribution in [0.15, 0.2) is 30.0 Å². The third kappa shape index (κ3) is 2.28. The topological polar surface area (TPSA) is 54.4 Å². The highest BCUT2D eigenvalue weighted by atomic mass is 35.5. The maximum absolute atomic E-state index is 11.7. The van der Waals surface area contributed by atoms with E-state index in [-0.39, 0.29) is 35.9 Å². The summed E-state index contributed by atoms with van der Waals surface area (Å²) in [6, 6.07) is 5.06. The monoisotopic (exact) mass is 284 g/mol. The van der Waals surface area contributed by atoms with Crippen molar-refractivity contribution in [1.82, 2.24) is 0 Å². The van der Waals surface area contributed by atoms with Crippen molar-refractivity contribution < 1.29 is 14.7 Å². The van der Waals surface area contributed by atoms with Gasteiger partial charge in [0.2, 0.25) is 0 Å². The number of carbonyl (C=O) groups excluding carboxylic acids is 2. The summed E-state index contributed by atoms with van der Waals surface area (Å²) in [7, 11) is 0. The summed E-state index contributed by atoms with van der Waals surface area (Å²) in [6.07, 6.45) is 0.832. The van der Waals surface area contributed by atoms with Crippen molar-refractivity contribution in [3.63, 3.8) is 0 Å². The first-order chi connectivity index (χ1) is 8.54. The van der Waals surface area contributed by atoms with Crippen molar-refractivity contribution in [1.29, 1.82) is 0 Å². The summed E-state index contributed by atoms with van der Waals surface area (Å²) in [5.41, 5.74) is 0.481. The molecule has 0 bridgehead atoms. The van der Waals surface area contributed by atoms with Crippen LogP contribution in [0.1, 0.15) is 24.3 Å². The largest absolute Gasteiger partial charge is 0.515 e. The number of ketones is 2. The molecule has 3 nitrogen and oxygen atoms in total. The van der Waals surface area contributed by atoms with E-state index in [1.165, 1.54) is 0 Å². The minimum Gasteiger partial charge on any atom is -0.515 e. The van der Waals surface area contributed by atoms with Crippen molar-refractivity contribution in [3.8, 4) is 0 Å². The maximum atomic E-state index is 11.7. The van der Waals surface area contributed by atoms with Crippen LogP contribution in [0.2, 0.25) is 10.0 Å². The lowest BCUT2D eigenvalue weighted by Crippen LogP contribution is -2.25. The molecule has 0 unspecified atom stereocenters. The Morgan fingerprint density at radius 2 is 1.61 bits per heavy atom. The second-order valence-electron chi connectivity index (χ2n) is 4.13. The SMILES string of the molecule is O=C1CC(c2c(Cl)cccc2Cl)CC(=O)C1=CO. The average Bonchev–Trinajstić information content (AvgIpc) is 2.28. The lowest BCUT2D eigenvalue weighted by Gasteiger charge is -2.23. The molecule has 0 aliphatic heterocycles. The molecule has 18 heavy (non-hydrogen) atoms. The molecule has 0 amide bonds. The second kappa shape index (κ2) is 5.12. The van der Waals surface area contributed by atoms with Crippen molar-refractivity contribution in [2.75, 3.05) is 0 Å². The summed E-state index contributed by atoms with van der Waals surface area (Å²) in [5.74, 6) is -1.08. The highest BCUT2D eigenvalue weighted by Gasteiger charge is 2.33. The molecule has 0 aromatic heterocycles. The average molecular weight is 285 g/mol.